The Kier molecular flexibility index (Phi) is 5.85. The second-order valence-electron chi connectivity index (χ2n) is 4.81. The minimum Gasteiger partial charge on any atom is -0.467 e. The Bertz CT molecular complexity index is 627. The fraction of sp³-hybridized carbons (Fsp3) is 0.375. The highest BCUT2D eigenvalue weighted by Gasteiger charge is 2.18. The normalized spacial score (nSPS) is 11.6. The van der Waals surface area contributed by atoms with Crippen LogP contribution in [-0.2, 0) is 11.3 Å². The molecule has 0 aliphatic rings. The van der Waals surface area contributed by atoms with E-state index in [1.54, 1.807) is 0 Å². The van der Waals surface area contributed by atoms with Crippen molar-refractivity contribution < 1.29 is 14.3 Å². The monoisotopic (exact) mass is 316 g/mol. The van der Waals surface area contributed by atoms with Crippen molar-refractivity contribution in [2.24, 2.45) is 0 Å². The summed E-state index contributed by atoms with van der Waals surface area (Å²) in [6, 6.07) is 9.97. The molecule has 122 valence electrons. The molecule has 0 aliphatic heterocycles. The van der Waals surface area contributed by atoms with Crippen LogP contribution in [0.25, 0.3) is 0 Å². The third-order valence-corrected chi connectivity index (χ3v) is 3.35. The number of methoxy groups -OCH3 is 2. The van der Waals surface area contributed by atoms with Gasteiger partial charge in [0, 0.05) is 0 Å². The van der Waals surface area contributed by atoms with Crippen LogP contribution in [0, 0.1) is 0 Å². The lowest BCUT2D eigenvalue weighted by molar-refractivity contribution is -0.122. The average Bonchev–Trinajstić information content (AvgIpc) is 2.61. The Morgan fingerprint density at radius 1 is 1.09 bits per heavy atom. The van der Waals surface area contributed by atoms with Crippen molar-refractivity contribution >= 4 is 5.91 Å². The van der Waals surface area contributed by atoms with Crippen molar-refractivity contribution in [3.05, 3.63) is 41.7 Å². The second kappa shape index (κ2) is 8.07. The largest absolute Gasteiger partial charge is 0.467 e. The minimum absolute atomic E-state index is 0.0722. The number of hydrogen-bond donors (Lipinski definition) is 1. The molecular weight excluding hydrogens is 296 g/mol. The quantitative estimate of drug-likeness (QED) is 0.836. The summed E-state index contributed by atoms with van der Waals surface area (Å²) in [5, 5.41) is 2.85. The molecule has 7 nitrogen and oxygen atoms in total. The van der Waals surface area contributed by atoms with Crippen LogP contribution in [0.3, 0.4) is 0 Å². The van der Waals surface area contributed by atoms with E-state index < -0.39 is 0 Å². The molecule has 23 heavy (non-hydrogen) atoms. The highest BCUT2D eigenvalue weighted by molar-refractivity contribution is 5.83. The molecule has 1 aromatic heterocycles. The zero-order valence-electron chi connectivity index (χ0n) is 13.4. The van der Waals surface area contributed by atoms with Gasteiger partial charge in [-0.25, -0.2) is 0 Å². The zero-order chi connectivity index (χ0) is 16.7. The van der Waals surface area contributed by atoms with Gasteiger partial charge in [-0.1, -0.05) is 37.3 Å². The van der Waals surface area contributed by atoms with Gasteiger partial charge in [-0.05, 0) is 12.0 Å². The van der Waals surface area contributed by atoms with E-state index in [0.717, 1.165) is 5.56 Å². The summed E-state index contributed by atoms with van der Waals surface area (Å²) in [5.41, 5.74) is 0.985. The topological polar surface area (TPSA) is 86.2 Å². The highest BCUT2D eigenvalue weighted by Crippen LogP contribution is 2.19. The first-order valence-electron chi connectivity index (χ1n) is 7.33. The Morgan fingerprint density at radius 2 is 1.70 bits per heavy atom. The first-order chi connectivity index (χ1) is 11.2. The maximum atomic E-state index is 12.4. The van der Waals surface area contributed by atoms with Gasteiger partial charge < -0.3 is 14.8 Å². The Hall–Kier alpha value is -2.70. The lowest BCUT2D eigenvalue weighted by Crippen LogP contribution is -2.29. The van der Waals surface area contributed by atoms with E-state index in [2.05, 4.69) is 20.3 Å². The van der Waals surface area contributed by atoms with E-state index in [4.69, 9.17) is 9.47 Å². The molecule has 2 rings (SSSR count). The van der Waals surface area contributed by atoms with E-state index in [-0.39, 0.29) is 30.4 Å². The van der Waals surface area contributed by atoms with Gasteiger partial charge in [-0.3, -0.25) is 4.79 Å². The summed E-state index contributed by atoms with van der Waals surface area (Å²) in [5.74, 6) is 0.101. The van der Waals surface area contributed by atoms with E-state index in [9.17, 15) is 4.79 Å². The van der Waals surface area contributed by atoms with E-state index in [1.165, 1.54) is 14.2 Å². The van der Waals surface area contributed by atoms with E-state index in [0.29, 0.717) is 12.2 Å². The molecule has 0 bridgehead atoms. The number of carbonyl (C=O) groups is 1. The molecule has 0 radical (unpaired) electrons. The van der Waals surface area contributed by atoms with Crippen LogP contribution >= 0.6 is 0 Å². The Balaban J connectivity index is 2.06. The van der Waals surface area contributed by atoms with Crippen LogP contribution in [0.5, 0.6) is 12.0 Å². The lowest BCUT2D eigenvalue weighted by atomic mass is 9.96. The van der Waals surface area contributed by atoms with E-state index in [1.807, 2.05) is 37.3 Å². The predicted octanol–water partition coefficient (Wildman–Crippen LogP) is 1.70. The molecular formula is C16H20N4O3. The zero-order valence-corrected chi connectivity index (χ0v) is 13.4. The molecule has 1 atom stereocenters. The van der Waals surface area contributed by atoms with Gasteiger partial charge in [-0.2, -0.15) is 9.97 Å². The average molecular weight is 316 g/mol. The number of rotatable bonds is 7. The molecule has 1 heterocycles. The third kappa shape index (κ3) is 4.38. The smallest absolute Gasteiger partial charge is 0.322 e. The SMILES string of the molecule is CC[C@@H](C(=O)NCc1nc(OC)nc(OC)n1)c1ccccc1. The second-order valence-corrected chi connectivity index (χ2v) is 4.81. The van der Waals surface area contributed by atoms with Crippen LogP contribution < -0.4 is 14.8 Å². The number of amides is 1. The summed E-state index contributed by atoms with van der Waals surface area (Å²) in [7, 11) is 2.92. The van der Waals surface area contributed by atoms with Gasteiger partial charge in [0.15, 0.2) is 5.82 Å². The van der Waals surface area contributed by atoms with Crippen molar-refractivity contribution in [1.29, 1.82) is 0 Å². The number of carbonyl (C=O) groups excluding carboxylic acids is 1. The number of nitrogens with one attached hydrogen (secondary N) is 1. The van der Waals surface area contributed by atoms with Crippen LogP contribution in [0.15, 0.2) is 30.3 Å². The van der Waals surface area contributed by atoms with Crippen molar-refractivity contribution in [3.8, 4) is 12.0 Å². The van der Waals surface area contributed by atoms with Crippen molar-refractivity contribution in [3.63, 3.8) is 0 Å². The number of ether oxygens (including phenoxy) is 2. The number of hydrogen-bond acceptors (Lipinski definition) is 6. The molecule has 1 aromatic carbocycles. The Labute approximate surface area is 135 Å². The summed E-state index contributed by atoms with van der Waals surface area (Å²) in [6.07, 6.45) is 0.708. The first-order valence-corrected chi connectivity index (χ1v) is 7.33. The highest BCUT2D eigenvalue weighted by atomic mass is 16.5. The van der Waals surface area contributed by atoms with Gasteiger partial charge in [-0.15, -0.1) is 4.98 Å². The molecule has 7 heteroatoms. The summed E-state index contributed by atoms with van der Waals surface area (Å²) >= 11 is 0. The number of nitrogens with zero attached hydrogens (tertiary/aromatic N) is 3. The van der Waals surface area contributed by atoms with Crippen LogP contribution in [-0.4, -0.2) is 35.1 Å². The molecule has 1 amide bonds. The van der Waals surface area contributed by atoms with Crippen molar-refractivity contribution in [2.45, 2.75) is 25.8 Å². The van der Waals surface area contributed by atoms with Gasteiger partial charge in [0.1, 0.15) is 0 Å². The number of aromatic nitrogens is 3. The third-order valence-electron chi connectivity index (χ3n) is 3.35. The molecule has 1 N–H and O–H groups in total. The van der Waals surface area contributed by atoms with Gasteiger partial charge >= 0.3 is 12.0 Å². The van der Waals surface area contributed by atoms with Crippen LogP contribution in [0.4, 0.5) is 0 Å². The molecule has 0 saturated heterocycles. The first kappa shape index (κ1) is 16.7. The summed E-state index contributed by atoms with van der Waals surface area (Å²) in [4.78, 5) is 24.5. The van der Waals surface area contributed by atoms with Gasteiger partial charge in [0.2, 0.25) is 5.91 Å². The maximum absolute atomic E-state index is 12.4. The van der Waals surface area contributed by atoms with Gasteiger partial charge in [0.25, 0.3) is 0 Å². The lowest BCUT2D eigenvalue weighted by Gasteiger charge is -2.15. The van der Waals surface area contributed by atoms with Gasteiger partial charge in [0.05, 0.1) is 26.7 Å². The summed E-state index contributed by atoms with van der Waals surface area (Å²) in [6.45, 7) is 2.16. The fourth-order valence-electron chi connectivity index (χ4n) is 2.19. The standard InChI is InChI=1S/C16H20N4O3/c1-4-12(11-8-6-5-7-9-11)14(21)17-10-13-18-15(22-2)20-16(19-13)23-3/h5-9,12H,4,10H2,1-3H3,(H,17,21)/t12-/m1/s1. The van der Waals surface area contributed by atoms with Crippen molar-refractivity contribution in [1.82, 2.24) is 20.3 Å². The van der Waals surface area contributed by atoms with Crippen LogP contribution in [0.2, 0.25) is 0 Å². The molecule has 2 aromatic rings. The summed E-state index contributed by atoms with van der Waals surface area (Å²) < 4.78 is 9.97. The predicted molar refractivity (Wildman–Crippen MR) is 84.3 cm³/mol. The molecule has 0 fully saturated rings. The Morgan fingerprint density at radius 3 is 2.22 bits per heavy atom. The molecule has 0 aliphatic carbocycles. The molecule has 0 saturated carbocycles. The van der Waals surface area contributed by atoms with Crippen LogP contribution in [0.1, 0.15) is 30.7 Å². The molecule has 0 spiro atoms. The van der Waals surface area contributed by atoms with E-state index >= 15 is 0 Å². The fourth-order valence-corrected chi connectivity index (χ4v) is 2.19. The minimum atomic E-state index is -0.207. The van der Waals surface area contributed by atoms with Crippen molar-refractivity contribution in [2.75, 3.05) is 14.2 Å². The number of benzene rings is 1. The molecule has 0 unspecified atom stereocenters. The maximum Gasteiger partial charge on any atom is 0.322 e.